The van der Waals surface area contributed by atoms with E-state index in [9.17, 15) is 14.4 Å². The number of rotatable bonds is 2. The van der Waals surface area contributed by atoms with E-state index in [2.05, 4.69) is 9.78 Å². The predicted molar refractivity (Wildman–Crippen MR) is 37.7 cm³/mol. The second kappa shape index (κ2) is 4.48. The number of carbonyl (C=O) groups is 3. The van der Waals surface area contributed by atoms with Gasteiger partial charge >= 0.3 is 11.9 Å². The first-order valence-corrected chi connectivity index (χ1v) is 3.38. The van der Waals surface area contributed by atoms with Crippen molar-refractivity contribution in [2.24, 2.45) is 5.92 Å². The first kappa shape index (κ1) is 10.6. The highest BCUT2D eigenvalue weighted by molar-refractivity contribution is 6.32. The second-order valence-corrected chi connectivity index (χ2v) is 2.48. The highest BCUT2D eigenvalue weighted by Gasteiger charge is 2.15. The van der Waals surface area contributed by atoms with Crippen LogP contribution in [0, 0.1) is 5.92 Å². The van der Waals surface area contributed by atoms with E-state index < -0.39 is 23.6 Å². The van der Waals surface area contributed by atoms with Crippen LogP contribution in [-0.2, 0) is 24.2 Å². The fourth-order valence-corrected chi connectivity index (χ4v) is 0.234. The quantitative estimate of drug-likeness (QED) is 0.340. The van der Waals surface area contributed by atoms with Crippen LogP contribution in [0.15, 0.2) is 0 Å². The minimum Gasteiger partial charge on any atom is -0.287 e. The van der Waals surface area contributed by atoms with Crippen LogP contribution < -0.4 is 0 Å². The molecule has 0 aliphatic carbocycles. The van der Waals surface area contributed by atoms with E-state index in [1.807, 2.05) is 0 Å². The van der Waals surface area contributed by atoms with Gasteiger partial charge in [-0.15, -0.1) is 0 Å². The maximum Gasteiger partial charge on any atom is 0.421 e. The van der Waals surface area contributed by atoms with Crippen molar-refractivity contribution >= 4 is 17.7 Å². The molecule has 0 saturated heterocycles. The molecule has 5 heteroatoms. The van der Waals surface area contributed by atoms with Gasteiger partial charge in [0.1, 0.15) is 0 Å². The lowest BCUT2D eigenvalue weighted by atomic mass is 10.2. The smallest absolute Gasteiger partial charge is 0.287 e. The summed E-state index contributed by atoms with van der Waals surface area (Å²) in [6, 6.07) is 0. The van der Waals surface area contributed by atoms with Crippen LogP contribution in [0.5, 0.6) is 0 Å². The minimum absolute atomic E-state index is 0.398. The van der Waals surface area contributed by atoms with Crippen molar-refractivity contribution in [3.8, 4) is 0 Å². The fourth-order valence-electron chi connectivity index (χ4n) is 0.234. The molecule has 68 valence electrons. The molecule has 0 unspecified atom stereocenters. The molecule has 0 fully saturated rings. The Hall–Kier alpha value is -1.39. The maximum absolute atomic E-state index is 10.7. The van der Waals surface area contributed by atoms with Crippen LogP contribution in [0.2, 0.25) is 0 Å². The van der Waals surface area contributed by atoms with Gasteiger partial charge in [-0.2, -0.15) is 0 Å². The van der Waals surface area contributed by atoms with Gasteiger partial charge in [0.15, 0.2) is 0 Å². The Balaban J connectivity index is 3.77. The van der Waals surface area contributed by atoms with Crippen molar-refractivity contribution in [2.75, 3.05) is 0 Å². The summed E-state index contributed by atoms with van der Waals surface area (Å²) in [7, 11) is 0. The third-order valence-electron chi connectivity index (χ3n) is 0.958. The first-order valence-electron chi connectivity index (χ1n) is 3.38. The second-order valence-electron chi connectivity index (χ2n) is 2.48. The molecule has 5 nitrogen and oxygen atoms in total. The Morgan fingerprint density at radius 2 is 1.58 bits per heavy atom. The number of Topliss-reactive ketones (excluding diaryl/α,β-unsaturated/α-hetero) is 1. The van der Waals surface area contributed by atoms with Crippen LogP contribution in [0.3, 0.4) is 0 Å². The number of ketones is 1. The fraction of sp³-hybridized carbons (Fsp3) is 0.571. The van der Waals surface area contributed by atoms with Crippen LogP contribution >= 0.6 is 0 Å². The first-order chi connectivity index (χ1) is 5.45. The average molecular weight is 174 g/mol. The van der Waals surface area contributed by atoms with Gasteiger partial charge in [0, 0.05) is 6.92 Å². The molecule has 0 saturated carbocycles. The van der Waals surface area contributed by atoms with Gasteiger partial charge in [-0.25, -0.2) is 19.4 Å². The zero-order valence-electron chi connectivity index (χ0n) is 7.12. The predicted octanol–water partition coefficient (Wildman–Crippen LogP) is 0.233. The zero-order valence-corrected chi connectivity index (χ0v) is 7.12. The molecule has 0 N–H and O–H groups in total. The van der Waals surface area contributed by atoms with Crippen molar-refractivity contribution in [3.63, 3.8) is 0 Å². The van der Waals surface area contributed by atoms with Gasteiger partial charge < -0.3 is 0 Å². The largest absolute Gasteiger partial charge is 0.421 e. The van der Waals surface area contributed by atoms with Gasteiger partial charge in [0.05, 0.1) is 5.92 Å². The summed E-state index contributed by atoms with van der Waals surface area (Å²) in [5.41, 5.74) is 0. The minimum atomic E-state index is -1.18. The Labute approximate surface area is 69.6 Å². The normalized spacial score (nSPS) is 9.33. The molecule has 0 bridgehead atoms. The molecule has 0 aromatic heterocycles. The van der Waals surface area contributed by atoms with E-state index in [-0.39, 0.29) is 0 Å². The molecule has 12 heavy (non-hydrogen) atoms. The van der Waals surface area contributed by atoms with E-state index in [1.54, 1.807) is 13.8 Å². The Morgan fingerprint density at radius 1 is 1.08 bits per heavy atom. The summed E-state index contributed by atoms with van der Waals surface area (Å²) in [4.78, 5) is 39.2. The van der Waals surface area contributed by atoms with Crippen molar-refractivity contribution < 1.29 is 24.2 Å². The van der Waals surface area contributed by atoms with Gasteiger partial charge in [-0.05, 0) is 0 Å². The highest BCUT2D eigenvalue weighted by Crippen LogP contribution is 1.96. The molecule has 0 heterocycles. The van der Waals surface area contributed by atoms with E-state index in [0.29, 0.717) is 0 Å². The molecule has 0 aromatic carbocycles. The molecule has 0 rings (SSSR count). The van der Waals surface area contributed by atoms with Gasteiger partial charge in [-0.3, -0.25) is 4.79 Å². The SMILES string of the molecule is CC(=O)C(=O)OOC(=O)C(C)C. The van der Waals surface area contributed by atoms with Crippen LogP contribution in [-0.4, -0.2) is 17.7 Å². The van der Waals surface area contributed by atoms with E-state index in [0.717, 1.165) is 6.92 Å². The third kappa shape index (κ3) is 3.70. The number of hydrogen-bond donors (Lipinski definition) is 0. The van der Waals surface area contributed by atoms with E-state index in [1.165, 1.54) is 0 Å². The van der Waals surface area contributed by atoms with E-state index >= 15 is 0 Å². The standard InChI is InChI=1S/C7H10O5/c1-4(2)6(9)11-12-7(10)5(3)8/h4H,1-3H3. The van der Waals surface area contributed by atoms with Gasteiger partial charge in [-0.1, -0.05) is 13.8 Å². The number of carbonyl (C=O) groups excluding carboxylic acids is 3. The van der Waals surface area contributed by atoms with Crippen molar-refractivity contribution in [1.29, 1.82) is 0 Å². The topological polar surface area (TPSA) is 69.7 Å². The molecule has 0 spiro atoms. The summed E-state index contributed by atoms with van der Waals surface area (Å²) in [5, 5.41) is 0. The van der Waals surface area contributed by atoms with Crippen molar-refractivity contribution in [2.45, 2.75) is 20.8 Å². The highest BCUT2D eigenvalue weighted by atomic mass is 17.2. The molecular weight excluding hydrogens is 164 g/mol. The van der Waals surface area contributed by atoms with Crippen molar-refractivity contribution in [3.05, 3.63) is 0 Å². The lowest BCUT2D eigenvalue weighted by Gasteiger charge is -2.02. The molecular formula is C7H10O5. The van der Waals surface area contributed by atoms with Crippen LogP contribution in [0.1, 0.15) is 20.8 Å². The zero-order chi connectivity index (χ0) is 9.72. The van der Waals surface area contributed by atoms with E-state index in [4.69, 9.17) is 0 Å². The van der Waals surface area contributed by atoms with Gasteiger partial charge in [0.25, 0.3) is 0 Å². The number of hydrogen-bond acceptors (Lipinski definition) is 5. The Morgan fingerprint density at radius 3 is 1.92 bits per heavy atom. The van der Waals surface area contributed by atoms with Crippen LogP contribution in [0.25, 0.3) is 0 Å². The lowest BCUT2D eigenvalue weighted by Crippen LogP contribution is -2.19. The summed E-state index contributed by atoms with van der Waals surface area (Å²) in [6.45, 7) is 4.17. The molecule has 0 atom stereocenters. The molecule has 0 aliphatic rings. The Kier molecular flexibility index (Phi) is 3.96. The third-order valence-corrected chi connectivity index (χ3v) is 0.958. The molecule has 0 radical (unpaired) electrons. The molecule has 0 aromatic rings. The summed E-state index contributed by atoms with van der Waals surface area (Å²) in [6.07, 6.45) is 0. The summed E-state index contributed by atoms with van der Waals surface area (Å²) >= 11 is 0. The average Bonchev–Trinajstić information content (AvgIpc) is 1.98. The van der Waals surface area contributed by atoms with Crippen LogP contribution in [0.4, 0.5) is 0 Å². The lowest BCUT2D eigenvalue weighted by molar-refractivity contribution is -0.259. The summed E-state index contributed by atoms with van der Waals surface area (Å²) in [5.74, 6) is -3.08. The van der Waals surface area contributed by atoms with Crippen molar-refractivity contribution in [1.82, 2.24) is 0 Å². The maximum atomic E-state index is 10.7. The Bertz CT molecular complexity index is 206. The van der Waals surface area contributed by atoms with Gasteiger partial charge in [0.2, 0.25) is 5.78 Å². The molecule has 0 amide bonds. The molecule has 0 aliphatic heterocycles. The monoisotopic (exact) mass is 174 g/mol. The summed E-state index contributed by atoms with van der Waals surface area (Å²) < 4.78 is 0.